The fourth-order valence-corrected chi connectivity index (χ4v) is 15.2. The van der Waals surface area contributed by atoms with Crippen LogP contribution in [0.2, 0.25) is 0 Å². The first kappa shape index (κ1) is 53.3. The number of piperazine rings is 1. The largest absolute Gasteiger partial charge is 0.464 e. The zero-order chi connectivity index (χ0) is 54.3. The Balaban J connectivity index is 0.812. The lowest BCUT2D eigenvalue weighted by atomic mass is 9.83. The van der Waals surface area contributed by atoms with Gasteiger partial charge >= 0.3 is 5.97 Å². The number of hydrogen-bond donors (Lipinski definition) is 3. The van der Waals surface area contributed by atoms with Crippen molar-refractivity contribution in [3.63, 3.8) is 0 Å². The van der Waals surface area contributed by atoms with E-state index in [1.54, 1.807) is 13.4 Å². The van der Waals surface area contributed by atoms with Crippen LogP contribution in [0.25, 0.3) is 27.9 Å². The second kappa shape index (κ2) is 21.4. The highest BCUT2D eigenvalue weighted by molar-refractivity contribution is 5.95. The van der Waals surface area contributed by atoms with Crippen molar-refractivity contribution in [2.24, 2.45) is 27.7 Å². The van der Waals surface area contributed by atoms with E-state index in [1.807, 2.05) is 0 Å². The first-order valence-electron chi connectivity index (χ1n) is 30.5. The number of carbonyl (C=O) groups excluding carboxylic acids is 4. The van der Waals surface area contributed by atoms with Crippen molar-refractivity contribution >= 4 is 46.4 Å². The molecule has 3 aliphatic carbocycles. The molecule has 3 saturated carbocycles. The van der Waals surface area contributed by atoms with Gasteiger partial charge in [-0.15, -0.1) is 0 Å². The van der Waals surface area contributed by atoms with Crippen LogP contribution < -0.4 is 16.1 Å². The molecule has 5 saturated heterocycles. The van der Waals surface area contributed by atoms with Crippen LogP contribution in [0.1, 0.15) is 128 Å². The molecule has 13 rings (SSSR count). The van der Waals surface area contributed by atoms with E-state index in [-0.39, 0.29) is 60.3 Å². The summed E-state index contributed by atoms with van der Waals surface area (Å²) in [7, 11) is 1.76. The van der Waals surface area contributed by atoms with Crippen LogP contribution in [0.3, 0.4) is 0 Å². The number of hydrogen-bond acceptors (Lipinski definition) is 14. The van der Waals surface area contributed by atoms with Crippen molar-refractivity contribution in [2.75, 3.05) is 72.6 Å². The highest BCUT2D eigenvalue weighted by Gasteiger charge is 2.55. The molecule has 0 unspecified atom stereocenters. The van der Waals surface area contributed by atoms with Gasteiger partial charge in [0.05, 0.1) is 35.8 Å². The number of ether oxygens (including phenoxy) is 2. The highest BCUT2D eigenvalue weighted by Crippen LogP contribution is 2.46. The number of hydrazine groups is 1. The monoisotopic (exact) mass is 1080 g/mol. The van der Waals surface area contributed by atoms with Gasteiger partial charge in [0.1, 0.15) is 24.4 Å². The molecule has 3 aromatic rings. The predicted octanol–water partition coefficient (Wildman–Crippen LogP) is 5.57. The van der Waals surface area contributed by atoms with Crippen molar-refractivity contribution in [3.05, 3.63) is 47.1 Å². The van der Waals surface area contributed by atoms with Crippen molar-refractivity contribution in [3.8, 4) is 11.5 Å². The number of rotatable bonds is 12. The molecule has 18 nitrogen and oxygen atoms in total. The first-order chi connectivity index (χ1) is 38.3. The molecule has 8 atom stereocenters. The Labute approximate surface area is 465 Å². The lowest BCUT2D eigenvalue weighted by Crippen LogP contribution is -2.62. The summed E-state index contributed by atoms with van der Waals surface area (Å²) in [4.78, 5) is 78.3. The first-order valence-corrected chi connectivity index (χ1v) is 30.5. The van der Waals surface area contributed by atoms with E-state index < -0.39 is 29.5 Å². The second-order valence-corrected chi connectivity index (χ2v) is 26.3. The Morgan fingerprint density at radius 2 is 1.71 bits per heavy atom. The number of methoxy groups -OCH3 is 1. The third kappa shape index (κ3) is 10.6. The van der Waals surface area contributed by atoms with Crippen molar-refractivity contribution < 1.29 is 33.1 Å². The minimum atomic E-state index is -0.993. The third-order valence-electron chi connectivity index (χ3n) is 20.1. The number of oxazole rings is 1. The molecular formula is C61H85N11O7. The second-order valence-electron chi connectivity index (χ2n) is 26.3. The molecule has 8 fully saturated rings. The maximum atomic E-state index is 15.2. The number of aromatic nitrogens is 2. The fourth-order valence-electron chi connectivity index (χ4n) is 15.2. The Kier molecular flexibility index (Phi) is 14.5. The van der Waals surface area contributed by atoms with Crippen LogP contribution >= 0.6 is 0 Å². The zero-order valence-corrected chi connectivity index (χ0v) is 47.5. The third-order valence-corrected chi connectivity index (χ3v) is 20.1. The number of likely N-dealkylation sites (tertiary alicyclic amines) is 2. The average Bonchev–Trinajstić information content (AvgIpc) is 4.54. The summed E-state index contributed by atoms with van der Waals surface area (Å²) in [5, 5.41) is 9.38. The number of nitrogens with one attached hydrogen (secondary N) is 3. The SMILES string of the molecule is CCn1c(C2=C([C@H](C)OC)N=C[C@H](N3CCN(C4CC4)CC3)C2)c2c3cc(ccc31)-c1nc(co1)C[C@H](NC(=O)[C@H](C1CCCC1)N1CC[C@]3(CCN(C(=O)[C@@H]4N[C@@H]4C4CC4)C3)C1)C(=O)N1CCC[C@H](N1)C(=O)OCC(C)(C)C2. The molecule has 3 N–H and O–H groups in total. The number of esters is 1. The molecule has 79 heavy (non-hydrogen) atoms. The van der Waals surface area contributed by atoms with Gasteiger partial charge in [-0.2, -0.15) is 0 Å². The van der Waals surface area contributed by atoms with Crippen LogP contribution in [0.4, 0.5) is 0 Å². The van der Waals surface area contributed by atoms with Crippen LogP contribution in [-0.2, 0) is 48.0 Å². The minimum absolute atomic E-state index is 0.0324. The van der Waals surface area contributed by atoms with Gasteiger partial charge < -0.3 is 28.7 Å². The summed E-state index contributed by atoms with van der Waals surface area (Å²) in [5.74, 6) is 0.622. The molecule has 1 aromatic carbocycles. The van der Waals surface area contributed by atoms with Gasteiger partial charge in [-0.25, -0.2) is 10.4 Å². The number of aryl methyl sites for hydroxylation is 1. The van der Waals surface area contributed by atoms with E-state index in [4.69, 9.17) is 23.9 Å². The summed E-state index contributed by atoms with van der Waals surface area (Å²) in [6.45, 7) is 17.1. The van der Waals surface area contributed by atoms with Crippen molar-refractivity contribution in [1.82, 2.24) is 50.2 Å². The fraction of sp³-hybridized carbons (Fsp3) is 0.705. The Hall–Kier alpha value is -4.98. The van der Waals surface area contributed by atoms with Gasteiger partial charge in [-0.1, -0.05) is 26.7 Å². The topological polar surface area (TPSA) is 192 Å². The van der Waals surface area contributed by atoms with Crippen molar-refractivity contribution in [1.29, 1.82) is 0 Å². The van der Waals surface area contributed by atoms with Crippen LogP contribution in [0, 0.1) is 22.7 Å². The molecule has 0 radical (unpaired) electrons. The number of benzene rings is 1. The van der Waals surface area contributed by atoms with Crippen LogP contribution in [-0.4, -0.2) is 185 Å². The molecular weight excluding hydrogens is 999 g/mol. The molecule has 426 valence electrons. The molecule has 3 amide bonds. The number of cyclic esters (lactones) is 1. The van der Waals surface area contributed by atoms with Gasteiger partial charge in [0.15, 0.2) is 0 Å². The molecule has 9 heterocycles. The Morgan fingerprint density at radius 1 is 0.924 bits per heavy atom. The molecule has 2 aromatic heterocycles. The highest BCUT2D eigenvalue weighted by atomic mass is 16.5. The number of fused-ring (bicyclic) bond motifs is 6. The lowest BCUT2D eigenvalue weighted by Gasteiger charge is -2.40. The van der Waals surface area contributed by atoms with Gasteiger partial charge in [0.25, 0.3) is 5.91 Å². The van der Waals surface area contributed by atoms with E-state index in [2.05, 4.69) is 92.3 Å². The van der Waals surface area contributed by atoms with E-state index in [1.165, 1.54) is 36.3 Å². The summed E-state index contributed by atoms with van der Waals surface area (Å²) in [6.07, 6.45) is 17.1. The maximum absolute atomic E-state index is 15.2. The summed E-state index contributed by atoms with van der Waals surface area (Å²) >= 11 is 0. The maximum Gasteiger partial charge on any atom is 0.324 e. The molecule has 10 aliphatic rings. The molecule has 1 spiro atoms. The lowest BCUT2D eigenvalue weighted by molar-refractivity contribution is -0.155. The molecule has 7 aliphatic heterocycles. The number of aliphatic imine (C=N–C) groups is 1. The van der Waals surface area contributed by atoms with E-state index in [9.17, 15) is 9.59 Å². The zero-order valence-electron chi connectivity index (χ0n) is 47.5. The standard InChI is InChI=1S/C61H85N11O7/c1-6-71-49-18-15-40-28-44(49)46(54(71)45-30-43(32-62-50(45)37(2)77-5)68-26-24-67(25-27-68)42-16-17-42)31-60(3,4)36-79-59(76)47-12-9-21-72(66-47)57(74)48(29-41-33-78-56(40)63-41)64-55(73)53(39-10-7-8-11-39)69-22-19-61(34-69)20-23-70(35-61)58(75)52-51(65-52)38-13-14-38/h15,18,28,32-33,37-39,42-43,47-48,51-53,65-66H,6-14,16-17,19-27,29-31,34-36H2,1-5H3,(H,64,73)/t37-,43+,47-,48-,51+,52+,53-,61-/m0/s1. The number of amides is 3. The summed E-state index contributed by atoms with van der Waals surface area (Å²) in [5.41, 5.74) is 9.57. The van der Waals surface area contributed by atoms with Gasteiger partial charge in [-0.05, 0) is 133 Å². The Bertz CT molecular complexity index is 2890. The number of nitrogens with zero attached hydrogens (tertiary/aromatic N) is 8. The van der Waals surface area contributed by atoms with E-state index >= 15 is 9.59 Å². The number of carbonyl (C=O) groups is 4. The summed E-state index contributed by atoms with van der Waals surface area (Å²) < 4.78 is 21.2. The minimum Gasteiger partial charge on any atom is -0.464 e. The van der Waals surface area contributed by atoms with E-state index in [0.717, 1.165) is 143 Å². The quantitative estimate of drug-likeness (QED) is 0.151. The normalized spacial score (nSPS) is 31.1. The smallest absolute Gasteiger partial charge is 0.324 e. The van der Waals surface area contributed by atoms with Crippen LogP contribution in [0.15, 0.2) is 39.6 Å². The van der Waals surface area contributed by atoms with E-state index in [0.29, 0.717) is 49.4 Å². The summed E-state index contributed by atoms with van der Waals surface area (Å²) in [6, 6.07) is 5.50. The Morgan fingerprint density at radius 3 is 2.47 bits per heavy atom. The van der Waals surface area contributed by atoms with Gasteiger partial charge in [0.2, 0.25) is 17.7 Å². The average molecular weight is 1080 g/mol. The van der Waals surface area contributed by atoms with Gasteiger partial charge in [-0.3, -0.25) is 49.2 Å². The molecule has 18 heteroatoms. The van der Waals surface area contributed by atoms with Gasteiger partial charge in [0, 0.05) is 130 Å². The van der Waals surface area contributed by atoms with Crippen molar-refractivity contribution in [2.45, 2.75) is 179 Å². The predicted molar refractivity (Wildman–Crippen MR) is 301 cm³/mol. The molecule has 6 bridgehead atoms. The van der Waals surface area contributed by atoms with Crippen LogP contribution in [0.5, 0.6) is 0 Å².